The molecule has 336 valence electrons. The number of carbonyl (C=O) groups excluding carboxylic acids is 3. The molecule has 64 heavy (non-hydrogen) atoms. The molecule has 20 heteroatoms. The molecule has 10 rings (SSSR count). The van der Waals surface area contributed by atoms with Gasteiger partial charge in [0.05, 0.1) is 53.3 Å². The third-order valence-electron chi connectivity index (χ3n) is 13.6. The molecule has 0 radical (unpaired) electrons. The van der Waals surface area contributed by atoms with Crippen molar-refractivity contribution in [3.8, 4) is 11.8 Å². The number of likely N-dealkylation sites (tertiary alicyclic amines) is 1. The Labute approximate surface area is 365 Å². The van der Waals surface area contributed by atoms with Gasteiger partial charge in [-0.1, -0.05) is 17.9 Å². The number of aryl methyl sites for hydroxylation is 1. The average Bonchev–Trinajstić information content (AvgIpc) is 4.11. The van der Waals surface area contributed by atoms with Crippen LogP contribution in [0.2, 0.25) is 0 Å². The highest BCUT2D eigenvalue weighted by molar-refractivity contribution is 6.08. The summed E-state index contributed by atoms with van der Waals surface area (Å²) < 4.78 is 46.3. The van der Waals surface area contributed by atoms with Crippen molar-refractivity contribution in [1.82, 2.24) is 43.7 Å². The van der Waals surface area contributed by atoms with Gasteiger partial charge in [0.15, 0.2) is 17.1 Å². The van der Waals surface area contributed by atoms with Crippen LogP contribution in [0.4, 0.5) is 20.3 Å². The Morgan fingerprint density at radius 2 is 1.92 bits per heavy atom. The maximum Gasteiger partial charge on any atom is 0.329 e. The third kappa shape index (κ3) is 7.84. The molecule has 8 heterocycles. The van der Waals surface area contributed by atoms with Gasteiger partial charge in [0.1, 0.15) is 24.0 Å². The number of imidazole rings is 1. The molecule has 3 N–H and O–H groups in total. The second-order valence-corrected chi connectivity index (χ2v) is 17.6. The monoisotopic (exact) mass is 881 g/mol. The fourth-order valence-electron chi connectivity index (χ4n) is 10.2. The minimum atomic E-state index is -2.90. The molecule has 1 saturated carbocycles. The number of halogens is 2. The number of carbonyl (C=O) groups is 3. The van der Waals surface area contributed by atoms with Crippen molar-refractivity contribution in [3.05, 3.63) is 70.2 Å². The van der Waals surface area contributed by atoms with Crippen molar-refractivity contribution in [1.29, 1.82) is 0 Å². The fraction of sp³-hybridized carbons (Fsp3) is 0.523. The number of piperidine rings is 2. The largest absolute Gasteiger partial charge is 0.371 e. The van der Waals surface area contributed by atoms with Gasteiger partial charge in [-0.2, -0.15) is 10.2 Å². The summed E-state index contributed by atoms with van der Waals surface area (Å²) in [6.07, 6.45) is 7.61. The van der Waals surface area contributed by atoms with Crippen LogP contribution < -0.4 is 21.2 Å². The standard InChI is InChI=1S/C44H49F2N11O7/c1-52-38-27(4-2-6-33(38)57(43(52)61)34-11-12-36(58)50-42(34)60)5-3-19-63-29-13-16-53(17-14-29)22-26-7-9-28(10-8-26)56-24-32(37(51-56)39(45)46)48-41(59)31-21-47-55-18-15-35(49-40(31)55)54-23-30-20-44(54,62)25-64-30/h2,4,6,15,18,21,24,26,28-30,34,39,62H,7-14,16-17,19-20,22-23,25H2,1H3,(H,48,59)(H,50,58,60)/t26?,28?,30-,34?,44+/m1/s1. The van der Waals surface area contributed by atoms with Crippen LogP contribution in [0, 0.1) is 17.8 Å². The van der Waals surface area contributed by atoms with Gasteiger partial charge in [-0.05, 0) is 69.1 Å². The molecular formula is C44H49F2N11O7. The molecule has 5 aromatic rings. The number of nitrogens with one attached hydrogen (secondary N) is 2. The van der Waals surface area contributed by atoms with E-state index in [2.05, 4.69) is 42.6 Å². The maximum atomic E-state index is 14.3. The number of hydrogen-bond acceptors (Lipinski definition) is 12. The van der Waals surface area contributed by atoms with Gasteiger partial charge in [0.2, 0.25) is 11.8 Å². The zero-order valence-electron chi connectivity index (χ0n) is 35.3. The Balaban J connectivity index is 0.703. The first-order chi connectivity index (χ1) is 30.9. The zero-order valence-corrected chi connectivity index (χ0v) is 35.3. The van der Waals surface area contributed by atoms with Crippen LogP contribution in [0.5, 0.6) is 0 Å². The number of imide groups is 1. The Kier molecular flexibility index (Phi) is 11.0. The molecule has 3 atom stereocenters. The molecule has 18 nitrogen and oxygen atoms in total. The number of aliphatic hydroxyl groups is 1. The zero-order chi connectivity index (χ0) is 44.3. The number of morpholine rings is 1. The van der Waals surface area contributed by atoms with E-state index >= 15 is 0 Å². The molecule has 1 aliphatic carbocycles. The number of hydrogen-bond donors (Lipinski definition) is 3. The summed E-state index contributed by atoms with van der Waals surface area (Å²) >= 11 is 0. The first-order valence-corrected chi connectivity index (χ1v) is 21.9. The van der Waals surface area contributed by atoms with Crippen LogP contribution in [0.3, 0.4) is 0 Å². The first-order valence-electron chi connectivity index (χ1n) is 21.9. The lowest BCUT2D eigenvalue weighted by Crippen LogP contribution is -2.49. The highest BCUT2D eigenvalue weighted by Crippen LogP contribution is 2.39. The summed E-state index contributed by atoms with van der Waals surface area (Å²) in [6.45, 7) is 3.60. The van der Waals surface area contributed by atoms with Crippen molar-refractivity contribution < 1.29 is 37.7 Å². The Hall–Kier alpha value is -6.01. The fourth-order valence-corrected chi connectivity index (χ4v) is 10.2. The maximum absolute atomic E-state index is 14.3. The average molecular weight is 882 g/mol. The van der Waals surface area contributed by atoms with Gasteiger partial charge >= 0.3 is 5.69 Å². The van der Waals surface area contributed by atoms with E-state index in [4.69, 9.17) is 9.47 Å². The van der Waals surface area contributed by atoms with Crippen molar-refractivity contribution in [2.24, 2.45) is 13.0 Å². The second kappa shape index (κ2) is 16.8. The summed E-state index contributed by atoms with van der Waals surface area (Å²) in [4.78, 5) is 59.9. The number of nitrogens with zero attached hydrogens (tertiary/aromatic N) is 9. The first kappa shape index (κ1) is 42.0. The quantitative estimate of drug-likeness (QED) is 0.137. The summed E-state index contributed by atoms with van der Waals surface area (Å²) in [5.74, 6) is 5.74. The predicted molar refractivity (Wildman–Crippen MR) is 227 cm³/mol. The Morgan fingerprint density at radius 1 is 1.11 bits per heavy atom. The molecule has 1 unspecified atom stereocenters. The highest BCUT2D eigenvalue weighted by Gasteiger charge is 2.51. The normalized spacial score (nSPS) is 25.4. The number of anilines is 2. The molecule has 4 saturated heterocycles. The van der Waals surface area contributed by atoms with Crippen molar-refractivity contribution >= 4 is 45.9 Å². The molecule has 5 aliphatic rings. The number of fused-ring (bicyclic) bond motifs is 4. The van der Waals surface area contributed by atoms with E-state index in [1.165, 1.54) is 26.0 Å². The summed E-state index contributed by atoms with van der Waals surface area (Å²) in [5, 5.41) is 24.5. The van der Waals surface area contributed by atoms with Crippen LogP contribution in [-0.2, 0) is 26.1 Å². The summed E-state index contributed by atoms with van der Waals surface area (Å²) in [6, 6.07) is 6.29. The lowest BCUT2D eigenvalue weighted by atomic mass is 9.85. The number of amides is 3. The van der Waals surface area contributed by atoms with Crippen LogP contribution in [0.1, 0.15) is 97.9 Å². The SMILES string of the molecule is Cn1c(=O)n(C2CCC(=O)NC2=O)c2cccc(C#CCOC3CCN(CC4CCC(n5cc(NC(=O)c6cnn7ccc(N8C[C@H]9C[C@]8(O)CO9)nc67)c(C(F)F)n5)CC4)CC3)c21. The van der Waals surface area contributed by atoms with Gasteiger partial charge in [0.25, 0.3) is 12.3 Å². The smallest absolute Gasteiger partial charge is 0.329 e. The van der Waals surface area contributed by atoms with E-state index in [1.54, 1.807) is 41.0 Å². The van der Waals surface area contributed by atoms with E-state index in [0.29, 0.717) is 41.3 Å². The number of rotatable bonds is 10. The Morgan fingerprint density at radius 3 is 2.66 bits per heavy atom. The molecule has 2 bridgehead atoms. The minimum Gasteiger partial charge on any atom is -0.371 e. The van der Waals surface area contributed by atoms with Crippen LogP contribution in [0.25, 0.3) is 16.7 Å². The van der Waals surface area contributed by atoms with Crippen molar-refractivity contribution in [2.45, 2.75) is 94.2 Å². The third-order valence-corrected chi connectivity index (χ3v) is 13.6. The van der Waals surface area contributed by atoms with Crippen LogP contribution >= 0.6 is 0 Å². The van der Waals surface area contributed by atoms with Crippen LogP contribution in [0.15, 0.2) is 47.7 Å². The van der Waals surface area contributed by atoms with Crippen molar-refractivity contribution in [2.75, 3.05) is 49.6 Å². The number of ether oxygens (including phenoxy) is 2. The summed E-state index contributed by atoms with van der Waals surface area (Å²) in [5.41, 5.74) is 0.150. The molecule has 1 aromatic carbocycles. The van der Waals surface area contributed by atoms with E-state index in [0.717, 1.165) is 58.2 Å². The highest BCUT2D eigenvalue weighted by atomic mass is 19.3. The van der Waals surface area contributed by atoms with Crippen molar-refractivity contribution in [3.63, 3.8) is 0 Å². The second-order valence-electron chi connectivity index (χ2n) is 17.6. The number of para-hydroxylation sites is 1. The van der Waals surface area contributed by atoms with Gasteiger partial charge in [-0.15, -0.1) is 0 Å². The molecule has 4 aromatic heterocycles. The molecule has 0 spiro atoms. The minimum absolute atomic E-state index is 0.0527. The number of aromatic nitrogens is 7. The number of alkyl halides is 2. The van der Waals surface area contributed by atoms with E-state index in [9.17, 15) is 33.1 Å². The molecule has 4 aliphatic heterocycles. The van der Waals surface area contributed by atoms with Gasteiger partial charge in [-0.25, -0.2) is 23.1 Å². The number of benzene rings is 1. The molecule has 3 amide bonds. The topological polar surface area (TPSA) is 195 Å². The Bertz CT molecular complexity index is 2750. The van der Waals surface area contributed by atoms with Gasteiger partial charge in [-0.3, -0.25) is 33.5 Å². The lowest BCUT2D eigenvalue weighted by Gasteiger charge is -2.36. The van der Waals surface area contributed by atoms with E-state index < -0.39 is 35.7 Å². The predicted octanol–water partition coefficient (Wildman–Crippen LogP) is 3.31. The summed E-state index contributed by atoms with van der Waals surface area (Å²) in [7, 11) is 1.65. The van der Waals surface area contributed by atoms with Gasteiger partial charge < -0.3 is 29.7 Å². The lowest BCUT2D eigenvalue weighted by molar-refractivity contribution is -0.135. The van der Waals surface area contributed by atoms with E-state index in [1.807, 2.05) is 6.07 Å². The van der Waals surface area contributed by atoms with Crippen LogP contribution in [-0.4, -0.2) is 119 Å². The molecular weight excluding hydrogens is 833 g/mol. The van der Waals surface area contributed by atoms with E-state index in [-0.39, 0.29) is 72.8 Å². The molecule has 5 fully saturated rings. The van der Waals surface area contributed by atoms with Gasteiger partial charge in [0, 0.05) is 58.5 Å².